The molecule has 0 aliphatic carbocycles. The zero-order chi connectivity index (χ0) is 24.6. The molecule has 5 nitrogen and oxygen atoms in total. The molecule has 3 aromatic carbocycles. The highest BCUT2D eigenvalue weighted by Crippen LogP contribution is 2.28. The van der Waals surface area contributed by atoms with Gasteiger partial charge in [0.1, 0.15) is 0 Å². The minimum atomic E-state index is -3.76. The van der Waals surface area contributed by atoms with Crippen molar-refractivity contribution >= 4 is 47.7 Å². The first-order valence-electron chi connectivity index (χ1n) is 11.2. The zero-order valence-electron chi connectivity index (χ0n) is 19.4. The van der Waals surface area contributed by atoms with Gasteiger partial charge in [0, 0.05) is 34.8 Å². The van der Waals surface area contributed by atoms with E-state index in [1.165, 1.54) is 39.2 Å². The van der Waals surface area contributed by atoms with Crippen molar-refractivity contribution in [3.8, 4) is 0 Å². The molecule has 34 heavy (non-hydrogen) atoms. The number of rotatable bonds is 7. The predicted molar refractivity (Wildman–Crippen MR) is 145 cm³/mol. The lowest BCUT2D eigenvalue weighted by molar-refractivity contribution is -0.0245. The molecule has 8 heteroatoms. The average molecular weight is 610 g/mol. The Balaban J connectivity index is 0.000000243. The van der Waals surface area contributed by atoms with E-state index in [0.717, 1.165) is 29.4 Å². The monoisotopic (exact) mass is 608 g/mol. The molecule has 0 radical (unpaired) electrons. The third-order valence-electron chi connectivity index (χ3n) is 5.45. The minimum Gasteiger partial charge on any atom is -0.385 e. The molecule has 0 amide bonds. The van der Waals surface area contributed by atoms with Gasteiger partial charge in [-0.2, -0.15) is 17.8 Å². The number of hydroxylamine groups is 2. The minimum absolute atomic E-state index is 0.167. The number of aryl methyl sites for hydroxylation is 2. The predicted octanol–water partition coefficient (Wildman–Crippen LogP) is 6.75. The fraction of sp³-hybridized carbons (Fsp3) is 0.308. The highest BCUT2D eigenvalue weighted by Gasteiger charge is 2.18. The standard InChI is InChI=1S/C17H20BrNO3S.C9H10BrN/c1-14-9-11-16(12-10-14)23(20,21)22-19(2)13-5-7-15-6-3-4-8-17(15)18;10-8-4-1-5-9-7(8)3-2-6-11-9/h3-4,6,8-12H,5,7,13H2,1-2H3;1,4-5,11H,2-3,6H2. The normalized spacial score (nSPS) is 13.0. The summed E-state index contributed by atoms with van der Waals surface area (Å²) in [6.07, 6.45) is 4.08. The van der Waals surface area contributed by atoms with Crippen LogP contribution in [0.2, 0.25) is 0 Å². The third-order valence-corrected chi connectivity index (χ3v) is 8.27. The summed E-state index contributed by atoms with van der Waals surface area (Å²) in [6.45, 7) is 3.54. The molecule has 182 valence electrons. The highest BCUT2D eigenvalue weighted by molar-refractivity contribution is 9.10. The van der Waals surface area contributed by atoms with Crippen molar-refractivity contribution in [2.45, 2.75) is 37.5 Å². The van der Waals surface area contributed by atoms with Crippen molar-refractivity contribution in [1.29, 1.82) is 0 Å². The molecule has 4 rings (SSSR count). The number of nitrogens with zero attached hydrogens (tertiary/aromatic N) is 1. The lowest BCUT2D eigenvalue weighted by atomic mass is 10.0. The maximum absolute atomic E-state index is 12.2. The summed E-state index contributed by atoms with van der Waals surface area (Å²) in [5.41, 5.74) is 4.93. The molecule has 0 saturated carbocycles. The topological polar surface area (TPSA) is 58.6 Å². The molecule has 1 heterocycles. The molecule has 0 saturated heterocycles. The van der Waals surface area contributed by atoms with Gasteiger partial charge in [0.25, 0.3) is 0 Å². The van der Waals surface area contributed by atoms with E-state index in [1.54, 1.807) is 31.3 Å². The van der Waals surface area contributed by atoms with Gasteiger partial charge in [-0.3, -0.25) is 0 Å². The number of hydrogen-bond acceptors (Lipinski definition) is 5. The van der Waals surface area contributed by atoms with Crippen molar-refractivity contribution in [2.75, 3.05) is 25.5 Å². The first-order chi connectivity index (χ1) is 16.3. The van der Waals surface area contributed by atoms with E-state index in [9.17, 15) is 8.42 Å². The molecule has 1 aliphatic rings. The first kappa shape index (κ1) is 26.9. The van der Waals surface area contributed by atoms with Crippen molar-refractivity contribution < 1.29 is 12.7 Å². The SMILES string of the molecule is Brc1cccc2c1CCCN2.Cc1ccc(S(=O)(=O)ON(C)CCCc2ccccc2Br)cc1. The van der Waals surface area contributed by atoms with E-state index < -0.39 is 10.1 Å². The summed E-state index contributed by atoms with van der Waals surface area (Å²) >= 11 is 7.05. The molecule has 1 aliphatic heterocycles. The first-order valence-corrected chi connectivity index (χ1v) is 14.2. The van der Waals surface area contributed by atoms with Crippen LogP contribution in [0, 0.1) is 6.92 Å². The average Bonchev–Trinajstić information content (AvgIpc) is 2.81. The molecular formula is C26H30Br2N2O3S. The van der Waals surface area contributed by atoms with Crippen LogP contribution >= 0.6 is 31.9 Å². The van der Waals surface area contributed by atoms with Crippen molar-refractivity contribution in [3.05, 3.63) is 92.4 Å². The Morgan fingerprint density at radius 3 is 2.38 bits per heavy atom. The summed E-state index contributed by atoms with van der Waals surface area (Å²) in [4.78, 5) is 0.167. The van der Waals surface area contributed by atoms with Crippen LogP contribution in [0.1, 0.15) is 29.5 Å². The van der Waals surface area contributed by atoms with Crippen molar-refractivity contribution in [2.24, 2.45) is 0 Å². The number of benzene rings is 3. The van der Waals surface area contributed by atoms with E-state index in [4.69, 9.17) is 4.28 Å². The Kier molecular flexibility index (Phi) is 10.2. The van der Waals surface area contributed by atoms with Crippen LogP contribution in [0.5, 0.6) is 0 Å². The second-order valence-corrected chi connectivity index (χ2v) is 11.4. The number of anilines is 1. The van der Waals surface area contributed by atoms with E-state index >= 15 is 0 Å². The second-order valence-electron chi connectivity index (χ2n) is 8.18. The van der Waals surface area contributed by atoms with Gasteiger partial charge in [0.15, 0.2) is 0 Å². The number of halogens is 2. The summed E-state index contributed by atoms with van der Waals surface area (Å²) in [6, 6.07) is 20.9. The summed E-state index contributed by atoms with van der Waals surface area (Å²) < 4.78 is 31.8. The molecule has 3 aromatic rings. The Labute approximate surface area is 219 Å². The Hall–Kier alpha value is -1.71. The van der Waals surface area contributed by atoms with Gasteiger partial charge < -0.3 is 5.32 Å². The maximum atomic E-state index is 12.2. The molecule has 0 unspecified atom stereocenters. The summed E-state index contributed by atoms with van der Waals surface area (Å²) in [5.74, 6) is 0. The lowest BCUT2D eigenvalue weighted by Gasteiger charge is -2.18. The van der Waals surface area contributed by atoms with E-state index in [2.05, 4.69) is 55.4 Å². The Morgan fingerprint density at radius 1 is 0.971 bits per heavy atom. The fourth-order valence-electron chi connectivity index (χ4n) is 3.61. The van der Waals surface area contributed by atoms with Crippen LogP contribution in [-0.2, 0) is 27.2 Å². The van der Waals surface area contributed by atoms with Crippen LogP contribution < -0.4 is 5.32 Å². The van der Waals surface area contributed by atoms with Gasteiger partial charge in [-0.25, -0.2) is 0 Å². The summed E-state index contributed by atoms with van der Waals surface area (Å²) in [5, 5.41) is 4.74. The van der Waals surface area contributed by atoms with Gasteiger partial charge in [-0.05, 0) is 74.1 Å². The lowest BCUT2D eigenvalue weighted by Crippen LogP contribution is -2.25. The molecular weight excluding hydrogens is 580 g/mol. The van der Waals surface area contributed by atoms with E-state index in [1.807, 2.05) is 31.2 Å². The molecule has 0 spiro atoms. The van der Waals surface area contributed by atoms with E-state index in [-0.39, 0.29) is 4.90 Å². The van der Waals surface area contributed by atoms with Crippen LogP contribution in [0.3, 0.4) is 0 Å². The van der Waals surface area contributed by atoms with Gasteiger partial charge in [0.2, 0.25) is 0 Å². The number of hydrogen-bond donors (Lipinski definition) is 1. The van der Waals surface area contributed by atoms with Crippen LogP contribution in [0.15, 0.2) is 80.6 Å². The largest absolute Gasteiger partial charge is 0.385 e. The van der Waals surface area contributed by atoms with Crippen LogP contribution in [0.4, 0.5) is 5.69 Å². The van der Waals surface area contributed by atoms with Gasteiger partial charge >= 0.3 is 10.1 Å². The van der Waals surface area contributed by atoms with Crippen LogP contribution in [-0.4, -0.2) is 33.6 Å². The van der Waals surface area contributed by atoms with Gasteiger partial charge in [0.05, 0.1) is 4.90 Å². The molecule has 0 atom stereocenters. The van der Waals surface area contributed by atoms with Gasteiger partial charge in [-0.1, -0.05) is 73.8 Å². The van der Waals surface area contributed by atoms with Crippen molar-refractivity contribution in [3.63, 3.8) is 0 Å². The van der Waals surface area contributed by atoms with Crippen LogP contribution in [0.25, 0.3) is 0 Å². The zero-order valence-corrected chi connectivity index (χ0v) is 23.4. The molecule has 0 fully saturated rings. The fourth-order valence-corrected chi connectivity index (χ4v) is 5.63. The van der Waals surface area contributed by atoms with E-state index in [0.29, 0.717) is 6.54 Å². The third kappa shape index (κ3) is 7.92. The molecule has 0 aromatic heterocycles. The quantitative estimate of drug-likeness (QED) is 0.300. The number of nitrogens with one attached hydrogen (secondary N) is 1. The highest BCUT2D eigenvalue weighted by atomic mass is 79.9. The smallest absolute Gasteiger partial charge is 0.313 e. The second kappa shape index (κ2) is 12.8. The Morgan fingerprint density at radius 2 is 1.68 bits per heavy atom. The molecule has 0 bridgehead atoms. The summed E-state index contributed by atoms with van der Waals surface area (Å²) in [7, 11) is -2.13. The maximum Gasteiger partial charge on any atom is 0.313 e. The van der Waals surface area contributed by atoms with Crippen molar-refractivity contribution in [1.82, 2.24) is 5.06 Å². The number of fused-ring (bicyclic) bond motifs is 1. The Bertz CT molecular complexity index is 1180. The molecule has 1 N–H and O–H groups in total. The van der Waals surface area contributed by atoms with Gasteiger partial charge in [-0.15, -0.1) is 0 Å².